The van der Waals surface area contributed by atoms with Gasteiger partial charge in [-0.3, -0.25) is 4.79 Å². The summed E-state index contributed by atoms with van der Waals surface area (Å²) in [5.74, 6) is 0.727. The van der Waals surface area contributed by atoms with Crippen LogP contribution in [-0.2, 0) is 4.79 Å². The fraction of sp³-hybridized carbons (Fsp3) is 0.562. The molecule has 0 bridgehead atoms. The molecule has 116 valence electrons. The van der Waals surface area contributed by atoms with Gasteiger partial charge in [0.15, 0.2) is 0 Å². The molecule has 0 unspecified atom stereocenters. The number of thioether (sulfide) groups is 1. The van der Waals surface area contributed by atoms with Gasteiger partial charge in [-0.1, -0.05) is 18.9 Å². The highest BCUT2D eigenvalue weighted by Gasteiger charge is 2.49. The number of carbonyl (C=O) groups excluding carboxylic acids is 1. The van der Waals surface area contributed by atoms with E-state index in [0.717, 1.165) is 25.2 Å². The molecule has 3 nitrogen and oxygen atoms in total. The van der Waals surface area contributed by atoms with Crippen molar-refractivity contribution in [1.82, 2.24) is 5.32 Å². The van der Waals surface area contributed by atoms with Gasteiger partial charge in [-0.25, -0.2) is 0 Å². The minimum atomic E-state index is -0.173. The molecule has 21 heavy (non-hydrogen) atoms. The number of nitrogens with one attached hydrogen (secondary N) is 2. The van der Waals surface area contributed by atoms with Gasteiger partial charge in [0.25, 0.3) is 0 Å². The molecule has 2 fully saturated rings. The van der Waals surface area contributed by atoms with Gasteiger partial charge in [-0.15, -0.1) is 24.2 Å². The third kappa shape index (κ3) is 3.22. The summed E-state index contributed by atoms with van der Waals surface area (Å²) in [5, 5.41) is 6.59. The summed E-state index contributed by atoms with van der Waals surface area (Å²) in [7, 11) is 0. The van der Waals surface area contributed by atoms with Crippen LogP contribution in [0, 0.1) is 11.3 Å². The van der Waals surface area contributed by atoms with Gasteiger partial charge >= 0.3 is 0 Å². The second-order valence-electron chi connectivity index (χ2n) is 5.92. The van der Waals surface area contributed by atoms with E-state index in [1.807, 2.05) is 12.1 Å². The van der Waals surface area contributed by atoms with Gasteiger partial charge in [-0.2, -0.15) is 0 Å². The minimum Gasteiger partial charge on any atom is -0.326 e. The van der Waals surface area contributed by atoms with Crippen LogP contribution in [0.2, 0.25) is 0 Å². The van der Waals surface area contributed by atoms with Crippen LogP contribution in [0.5, 0.6) is 0 Å². The summed E-state index contributed by atoms with van der Waals surface area (Å²) in [4.78, 5) is 14.0. The van der Waals surface area contributed by atoms with Crippen molar-refractivity contribution in [2.24, 2.45) is 11.3 Å². The molecule has 2 aliphatic rings. The van der Waals surface area contributed by atoms with E-state index < -0.39 is 0 Å². The molecule has 5 heteroatoms. The average Bonchev–Trinajstić information content (AvgIpc) is 2.92. The van der Waals surface area contributed by atoms with Crippen molar-refractivity contribution in [1.29, 1.82) is 0 Å². The number of halogens is 1. The second kappa shape index (κ2) is 7.03. The standard InChI is InChI=1S/C16H22N2OS.ClH/c1-20-14-7-4-6-13(9-14)18-15(19)16-8-3-2-5-12(16)10-17-11-16;/h4,6-7,9,12,17H,2-3,5,8,10-11H2,1H3,(H,18,19);1H/t12-,16+;/m0./s1. The Morgan fingerprint density at radius 2 is 2.29 bits per heavy atom. The summed E-state index contributed by atoms with van der Waals surface area (Å²) < 4.78 is 0. The van der Waals surface area contributed by atoms with Crippen LogP contribution in [0.3, 0.4) is 0 Å². The summed E-state index contributed by atoms with van der Waals surface area (Å²) in [6, 6.07) is 8.11. The van der Waals surface area contributed by atoms with Gasteiger partial charge in [0.05, 0.1) is 5.41 Å². The van der Waals surface area contributed by atoms with Crippen LogP contribution in [0.15, 0.2) is 29.2 Å². The Balaban J connectivity index is 0.00000161. The minimum absolute atomic E-state index is 0. The summed E-state index contributed by atoms with van der Waals surface area (Å²) in [6.45, 7) is 1.84. The van der Waals surface area contributed by atoms with E-state index in [1.54, 1.807) is 11.8 Å². The Bertz CT molecular complexity index is 511. The lowest BCUT2D eigenvalue weighted by molar-refractivity contribution is -0.128. The zero-order valence-corrected chi connectivity index (χ0v) is 14.0. The normalized spacial score (nSPS) is 27.6. The molecule has 0 spiro atoms. The number of fused-ring (bicyclic) bond motifs is 1. The van der Waals surface area contributed by atoms with Gasteiger partial charge in [0.2, 0.25) is 5.91 Å². The van der Waals surface area contributed by atoms with Crippen LogP contribution in [0.25, 0.3) is 0 Å². The molecule has 1 aromatic carbocycles. The van der Waals surface area contributed by atoms with Gasteiger partial charge in [0.1, 0.15) is 0 Å². The summed E-state index contributed by atoms with van der Waals surface area (Å²) in [5.41, 5.74) is 0.751. The average molecular weight is 327 g/mol. The molecule has 1 aromatic rings. The number of hydrogen-bond donors (Lipinski definition) is 2. The smallest absolute Gasteiger partial charge is 0.232 e. The number of rotatable bonds is 3. The molecule has 1 amide bonds. The molecule has 1 saturated carbocycles. The fourth-order valence-electron chi connectivity index (χ4n) is 3.65. The van der Waals surface area contributed by atoms with Crippen molar-refractivity contribution in [2.45, 2.75) is 30.6 Å². The quantitative estimate of drug-likeness (QED) is 0.835. The topological polar surface area (TPSA) is 41.1 Å². The predicted molar refractivity (Wildman–Crippen MR) is 91.4 cm³/mol. The molecule has 3 rings (SSSR count). The molecule has 0 aromatic heterocycles. The molecule has 1 aliphatic heterocycles. The van der Waals surface area contributed by atoms with E-state index in [2.05, 4.69) is 29.0 Å². The van der Waals surface area contributed by atoms with E-state index in [4.69, 9.17) is 0 Å². The molecular weight excluding hydrogens is 304 g/mol. The third-order valence-corrected chi connectivity index (χ3v) is 5.54. The zero-order chi connectivity index (χ0) is 14.0. The summed E-state index contributed by atoms with van der Waals surface area (Å²) in [6.07, 6.45) is 6.71. The first-order valence-corrected chi connectivity index (χ1v) is 8.63. The lowest BCUT2D eigenvalue weighted by Gasteiger charge is -2.37. The first-order chi connectivity index (χ1) is 9.74. The van der Waals surface area contributed by atoms with Crippen molar-refractivity contribution >= 4 is 35.8 Å². The predicted octanol–water partition coefficient (Wildman–Crippen LogP) is 3.55. The van der Waals surface area contributed by atoms with Gasteiger partial charge in [0, 0.05) is 17.1 Å². The van der Waals surface area contributed by atoms with Crippen LogP contribution in [0.4, 0.5) is 5.69 Å². The SMILES string of the molecule is CSc1cccc(NC(=O)[C@@]23CCCC[C@H]2CNC3)c1.Cl. The number of benzene rings is 1. The number of anilines is 1. The van der Waals surface area contributed by atoms with E-state index in [9.17, 15) is 4.79 Å². The molecule has 1 heterocycles. The molecule has 1 saturated heterocycles. The lowest BCUT2D eigenvalue weighted by Crippen LogP contribution is -2.44. The monoisotopic (exact) mass is 326 g/mol. The maximum atomic E-state index is 12.8. The Morgan fingerprint density at radius 3 is 3.10 bits per heavy atom. The van der Waals surface area contributed by atoms with Crippen molar-refractivity contribution in [3.05, 3.63) is 24.3 Å². The summed E-state index contributed by atoms with van der Waals surface area (Å²) >= 11 is 1.70. The van der Waals surface area contributed by atoms with E-state index in [0.29, 0.717) is 5.92 Å². The van der Waals surface area contributed by atoms with Crippen LogP contribution in [0.1, 0.15) is 25.7 Å². The largest absolute Gasteiger partial charge is 0.326 e. The van der Waals surface area contributed by atoms with Crippen molar-refractivity contribution in [2.75, 3.05) is 24.7 Å². The molecule has 0 radical (unpaired) electrons. The highest BCUT2D eigenvalue weighted by atomic mass is 35.5. The highest BCUT2D eigenvalue weighted by Crippen LogP contribution is 2.44. The number of amides is 1. The van der Waals surface area contributed by atoms with E-state index >= 15 is 0 Å². The first-order valence-electron chi connectivity index (χ1n) is 7.41. The maximum Gasteiger partial charge on any atom is 0.232 e. The Morgan fingerprint density at radius 1 is 1.43 bits per heavy atom. The first kappa shape index (κ1) is 16.7. The third-order valence-electron chi connectivity index (χ3n) is 4.82. The Labute approximate surface area is 137 Å². The molecule has 1 aliphatic carbocycles. The van der Waals surface area contributed by atoms with Crippen molar-refractivity contribution < 1.29 is 4.79 Å². The zero-order valence-electron chi connectivity index (χ0n) is 12.4. The Kier molecular flexibility index (Phi) is 5.58. The highest BCUT2D eigenvalue weighted by molar-refractivity contribution is 7.98. The van der Waals surface area contributed by atoms with E-state index in [1.165, 1.54) is 24.2 Å². The van der Waals surface area contributed by atoms with Crippen molar-refractivity contribution in [3.8, 4) is 0 Å². The van der Waals surface area contributed by atoms with Crippen LogP contribution < -0.4 is 10.6 Å². The molecular formula is C16H23ClN2OS. The molecule has 2 N–H and O–H groups in total. The van der Waals surface area contributed by atoms with Crippen molar-refractivity contribution in [3.63, 3.8) is 0 Å². The van der Waals surface area contributed by atoms with Crippen LogP contribution >= 0.6 is 24.2 Å². The fourth-order valence-corrected chi connectivity index (χ4v) is 4.11. The number of carbonyl (C=O) groups is 1. The lowest BCUT2D eigenvalue weighted by atomic mass is 9.67. The van der Waals surface area contributed by atoms with Gasteiger partial charge in [-0.05, 0) is 49.8 Å². The van der Waals surface area contributed by atoms with E-state index in [-0.39, 0.29) is 23.7 Å². The molecule has 2 atom stereocenters. The number of hydrogen-bond acceptors (Lipinski definition) is 3. The Hall–Kier alpha value is -0.710. The second-order valence-corrected chi connectivity index (χ2v) is 6.80. The van der Waals surface area contributed by atoms with Gasteiger partial charge < -0.3 is 10.6 Å². The maximum absolute atomic E-state index is 12.8. The van der Waals surface area contributed by atoms with Crippen LogP contribution in [-0.4, -0.2) is 25.3 Å².